The van der Waals surface area contributed by atoms with Crippen LogP contribution in [0.4, 0.5) is 4.79 Å². The Labute approximate surface area is 136 Å². The van der Waals surface area contributed by atoms with Gasteiger partial charge >= 0.3 is 12.1 Å². The van der Waals surface area contributed by atoms with Gasteiger partial charge in [0.1, 0.15) is 11.4 Å². The van der Waals surface area contributed by atoms with Gasteiger partial charge in [-0.15, -0.1) is 0 Å². The van der Waals surface area contributed by atoms with Crippen molar-refractivity contribution in [1.82, 2.24) is 4.90 Å². The second kappa shape index (κ2) is 5.76. The number of fused-ring (bicyclic) bond motifs is 1. The summed E-state index contributed by atoms with van der Waals surface area (Å²) in [6, 6.07) is 6.90. The summed E-state index contributed by atoms with van der Waals surface area (Å²) in [5, 5.41) is 10.0. The molecule has 23 heavy (non-hydrogen) atoms. The fourth-order valence-corrected chi connectivity index (χ4v) is 2.96. The predicted molar refractivity (Wildman–Crippen MR) is 84.4 cm³/mol. The van der Waals surface area contributed by atoms with Gasteiger partial charge in [-0.1, -0.05) is 25.1 Å². The molecule has 0 saturated heterocycles. The lowest BCUT2D eigenvalue weighted by Crippen LogP contribution is -2.60. The van der Waals surface area contributed by atoms with Crippen LogP contribution in [0.5, 0.6) is 5.75 Å². The van der Waals surface area contributed by atoms with Gasteiger partial charge in [0, 0.05) is 18.5 Å². The number of benzene rings is 1. The summed E-state index contributed by atoms with van der Waals surface area (Å²) in [6.45, 7) is 7.19. The first-order chi connectivity index (χ1) is 10.6. The highest BCUT2D eigenvalue weighted by atomic mass is 16.6. The van der Waals surface area contributed by atoms with Gasteiger partial charge in [0.2, 0.25) is 0 Å². The van der Waals surface area contributed by atoms with Gasteiger partial charge in [-0.2, -0.15) is 0 Å². The molecule has 0 bridgehead atoms. The van der Waals surface area contributed by atoms with Crippen molar-refractivity contribution in [2.24, 2.45) is 5.92 Å². The van der Waals surface area contributed by atoms with Gasteiger partial charge in [-0.3, -0.25) is 4.90 Å². The molecule has 2 atom stereocenters. The van der Waals surface area contributed by atoms with E-state index in [4.69, 9.17) is 9.47 Å². The molecular weight excluding hydrogens is 298 g/mol. The van der Waals surface area contributed by atoms with E-state index in [0.29, 0.717) is 11.3 Å². The number of hydrogen-bond acceptors (Lipinski definition) is 4. The Bertz CT molecular complexity index is 622. The lowest BCUT2D eigenvalue weighted by Gasteiger charge is -2.45. The van der Waals surface area contributed by atoms with Crippen molar-refractivity contribution in [2.75, 3.05) is 13.7 Å². The summed E-state index contributed by atoms with van der Waals surface area (Å²) in [5.41, 5.74) is -1.78. The highest BCUT2D eigenvalue weighted by molar-refractivity contribution is 5.87. The SMILES string of the molecule is CC1COc2ccccc2C1(C(=O)O)N(C)C(=O)OC(C)(C)C. The van der Waals surface area contributed by atoms with Crippen LogP contribution in [0.2, 0.25) is 0 Å². The molecular formula is C17H23NO5. The van der Waals surface area contributed by atoms with Gasteiger partial charge in [0.25, 0.3) is 0 Å². The molecule has 0 radical (unpaired) electrons. The fourth-order valence-electron chi connectivity index (χ4n) is 2.96. The Kier molecular flexibility index (Phi) is 4.28. The van der Waals surface area contributed by atoms with Gasteiger partial charge in [0.05, 0.1) is 6.61 Å². The molecule has 6 heteroatoms. The molecule has 1 N–H and O–H groups in total. The molecule has 1 aliphatic rings. The first kappa shape index (κ1) is 17.1. The molecule has 0 aliphatic carbocycles. The number of carboxylic acid groups (broad SMARTS) is 1. The van der Waals surface area contributed by atoms with Gasteiger partial charge < -0.3 is 14.6 Å². The van der Waals surface area contributed by atoms with Crippen LogP contribution < -0.4 is 4.74 Å². The third kappa shape index (κ3) is 2.85. The van der Waals surface area contributed by atoms with E-state index in [9.17, 15) is 14.7 Å². The quantitative estimate of drug-likeness (QED) is 0.906. The van der Waals surface area contributed by atoms with Crippen molar-refractivity contribution < 1.29 is 24.2 Å². The van der Waals surface area contributed by atoms with E-state index in [1.54, 1.807) is 52.0 Å². The number of likely N-dealkylation sites (N-methyl/N-ethyl adjacent to an activating group) is 1. The number of amides is 1. The number of carbonyl (C=O) groups excluding carboxylic acids is 1. The van der Waals surface area contributed by atoms with Gasteiger partial charge in [-0.05, 0) is 26.8 Å². The van der Waals surface area contributed by atoms with E-state index < -0.39 is 29.1 Å². The molecule has 0 saturated carbocycles. The molecule has 6 nitrogen and oxygen atoms in total. The first-order valence-electron chi connectivity index (χ1n) is 7.53. The van der Waals surface area contributed by atoms with Crippen molar-refractivity contribution >= 4 is 12.1 Å². The van der Waals surface area contributed by atoms with E-state index in [2.05, 4.69) is 0 Å². The fraction of sp³-hybridized carbons (Fsp3) is 0.529. The average Bonchev–Trinajstić information content (AvgIpc) is 2.44. The van der Waals surface area contributed by atoms with Crippen molar-refractivity contribution in [3.05, 3.63) is 29.8 Å². The number of para-hydroxylation sites is 1. The zero-order valence-corrected chi connectivity index (χ0v) is 14.1. The second-order valence-electron chi connectivity index (χ2n) is 6.82. The molecule has 0 fully saturated rings. The topological polar surface area (TPSA) is 76.1 Å². The van der Waals surface area contributed by atoms with Crippen LogP contribution in [0, 0.1) is 5.92 Å². The Hall–Kier alpha value is -2.24. The van der Waals surface area contributed by atoms with Crippen LogP contribution in [0.15, 0.2) is 24.3 Å². The van der Waals surface area contributed by atoms with E-state index in [0.717, 1.165) is 0 Å². The lowest BCUT2D eigenvalue weighted by atomic mass is 9.76. The highest BCUT2D eigenvalue weighted by Crippen LogP contribution is 2.44. The number of hydrogen-bond donors (Lipinski definition) is 1. The number of ether oxygens (including phenoxy) is 2. The zero-order valence-electron chi connectivity index (χ0n) is 14.1. The molecule has 126 valence electrons. The maximum Gasteiger partial charge on any atom is 0.411 e. The van der Waals surface area contributed by atoms with Crippen LogP contribution in [-0.4, -0.2) is 41.3 Å². The summed E-state index contributed by atoms with van der Waals surface area (Å²) in [6.07, 6.45) is -0.677. The number of rotatable bonds is 2. The Morgan fingerprint density at radius 3 is 2.52 bits per heavy atom. The Morgan fingerprint density at radius 2 is 1.96 bits per heavy atom. The average molecular weight is 321 g/mol. The molecule has 1 aliphatic heterocycles. The van der Waals surface area contributed by atoms with Crippen LogP contribution in [0.1, 0.15) is 33.3 Å². The van der Waals surface area contributed by atoms with E-state index in [1.807, 2.05) is 0 Å². The Balaban J connectivity index is 2.56. The van der Waals surface area contributed by atoms with Crippen molar-refractivity contribution in [3.63, 3.8) is 0 Å². The maximum atomic E-state index is 12.5. The standard InChI is InChI=1S/C17H23NO5/c1-11-10-22-13-9-7-6-8-12(13)17(11,14(19)20)18(5)15(21)23-16(2,3)4/h6-9,11H,10H2,1-5H3,(H,19,20). The molecule has 1 heterocycles. The summed E-state index contributed by atoms with van der Waals surface area (Å²) in [7, 11) is 1.46. The normalized spacial score (nSPS) is 23.4. The van der Waals surface area contributed by atoms with Gasteiger partial charge in [0.15, 0.2) is 5.54 Å². The monoisotopic (exact) mass is 321 g/mol. The van der Waals surface area contributed by atoms with Crippen LogP contribution in [0.25, 0.3) is 0 Å². The Morgan fingerprint density at radius 1 is 1.35 bits per heavy atom. The van der Waals surface area contributed by atoms with Crippen LogP contribution in [-0.2, 0) is 15.1 Å². The highest BCUT2D eigenvalue weighted by Gasteiger charge is 2.55. The lowest BCUT2D eigenvalue weighted by molar-refractivity contribution is -0.157. The van der Waals surface area contributed by atoms with Crippen molar-refractivity contribution in [3.8, 4) is 5.75 Å². The molecule has 1 amide bonds. The van der Waals surface area contributed by atoms with Crippen molar-refractivity contribution in [2.45, 2.75) is 38.8 Å². The first-order valence-corrected chi connectivity index (χ1v) is 7.53. The molecule has 2 rings (SSSR count). The smallest absolute Gasteiger partial charge is 0.411 e. The number of aliphatic carboxylic acids is 1. The van der Waals surface area contributed by atoms with E-state index >= 15 is 0 Å². The second-order valence-corrected chi connectivity index (χ2v) is 6.82. The van der Waals surface area contributed by atoms with Gasteiger partial charge in [-0.25, -0.2) is 9.59 Å². The van der Waals surface area contributed by atoms with Crippen LogP contribution >= 0.6 is 0 Å². The maximum absolute atomic E-state index is 12.5. The van der Waals surface area contributed by atoms with E-state index in [-0.39, 0.29) is 6.61 Å². The summed E-state index contributed by atoms with van der Waals surface area (Å²) >= 11 is 0. The molecule has 0 spiro atoms. The van der Waals surface area contributed by atoms with E-state index in [1.165, 1.54) is 11.9 Å². The molecule has 1 aromatic rings. The summed E-state index contributed by atoms with van der Waals surface area (Å²) in [5.74, 6) is -1.06. The third-order valence-corrected chi connectivity index (χ3v) is 4.02. The third-order valence-electron chi connectivity index (χ3n) is 4.02. The number of carboxylic acids is 1. The minimum absolute atomic E-state index is 0.205. The minimum Gasteiger partial charge on any atom is -0.493 e. The van der Waals surface area contributed by atoms with Crippen molar-refractivity contribution in [1.29, 1.82) is 0 Å². The zero-order chi connectivity index (χ0) is 17.4. The molecule has 1 aromatic carbocycles. The predicted octanol–water partition coefficient (Wildman–Crippen LogP) is 2.86. The molecule has 2 unspecified atom stereocenters. The summed E-state index contributed by atoms with van der Waals surface area (Å²) < 4.78 is 11.0. The largest absolute Gasteiger partial charge is 0.493 e. The number of nitrogens with zero attached hydrogens (tertiary/aromatic N) is 1. The summed E-state index contributed by atoms with van der Waals surface area (Å²) in [4.78, 5) is 26.0. The molecule has 0 aromatic heterocycles. The number of carbonyl (C=O) groups is 2. The minimum atomic E-state index is -1.53. The van der Waals surface area contributed by atoms with Crippen LogP contribution in [0.3, 0.4) is 0 Å².